The topological polar surface area (TPSA) is 66.4 Å². The number of carbonyl (C=O) groups excluding carboxylic acids is 1. The first-order valence-electron chi connectivity index (χ1n) is 7.39. The maximum absolute atomic E-state index is 12.7. The standard InChI is InChI=1S/C14H20F3NO3/c15-14(16,17)9-4-1-3-8(7-9)12(19)18-11-6-2-5-10(11)13(20)21/h8-11H,1-7H2,(H,18,19)(H,20,21). The second kappa shape index (κ2) is 6.23. The van der Waals surface area contributed by atoms with E-state index in [1.807, 2.05) is 0 Å². The fourth-order valence-electron chi connectivity index (χ4n) is 3.45. The Bertz CT molecular complexity index is 411. The average Bonchev–Trinajstić information content (AvgIpc) is 2.86. The Morgan fingerprint density at radius 1 is 1.05 bits per heavy atom. The van der Waals surface area contributed by atoms with Gasteiger partial charge in [-0.15, -0.1) is 0 Å². The van der Waals surface area contributed by atoms with Gasteiger partial charge in [0.05, 0.1) is 11.8 Å². The Hall–Kier alpha value is -1.27. The molecule has 2 rings (SSSR count). The number of hydrogen-bond acceptors (Lipinski definition) is 2. The molecular formula is C14H20F3NO3. The molecule has 0 heterocycles. The number of carboxylic acid groups (broad SMARTS) is 1. The summed E-state index contributed by atoms with van der Waals surface area (Å²) < 4.78 is 38.2. The summed E-state index contributed by atoms with van der Waals surface area (Å²) in [6, 6.07) is -0.443. The summed E-state index contributed by atoms with van der Waals surface area (Å²) in [7, 11) is 0. The molecule has 4 nitrogen and oxygen atoms in total. The first-order valence-corrected chi connectivity index (χ1v) is 7.39. The molecule has 2 N–H and O–H groups in total. The number of rotatable bonds is 3. The van der Waals surface area contributed by atoms with Crippen molar-refractivity contribution in [3.05, 3.63) is 0 Å². The van der Waals surface area contributed by atoms with E-state index in [0.717, 1.165) is 6.42 Å². The number of carboxylic acids is 1. The Morgan fingerprint density at radius 3 is 2.33 bits per heavy atom. The minimum atomic E-state index is -4.25. The Morgan fingerprint density at radius 2 is 1.71 bits per heavy atom. The molecule has 0 aliphatic heterocycles. The molecule has 120 valence electrons. The van der Waals surface area contributed by atoms with Crippen LogP contribution in [-0.4, -0.2) is 29.2 Å². The van der Waals surface area contributed by atoms with Crippen LogP contribution < -0.4 is 5.32 Å². The molecule has 4 atom stereocenters. The molecule has 2 fully saturated rings. The molecule has 7 heteroatoms. The van der Waals surface area contributed by atoms with Crippen molar-refractivity contribution in [3.63, 3.8) is 0 Å². The Kier molecular flexibility index (Phi) is 4.78. The van der Waals surface area contributed by atoms with Gasteiger partial charge in [0.25, 0.3) is 0 Å². The zero-order chi connectivity index (χ0) is 15.6. The van der Waals surface area contributed by atoms with Crippen molar-refractivity contribution in [2.75, 3.05) is 0 Å². The molecule has 21 heavy (non-hydrogen) atoms. The third kappa shape index (κ3) is 3.89. The summed E-state index contributed by atoms with van der Waals surface area (Å²) in [6.45, 7) is 0. The second-order valence-corrected chi connectivity index (χ2v) is 6.09. The van der Waals surface area contributed by atoms with Crippen molar-refractivity contribution in [3.8, 4) is 0 Å². The first-order chi connectivity index (χ1) is 9.79. The number of halogens is 3. The van der Waals surface area contributed by atoms with Crippen LogP contribution in [0.4, 0.5) is 13.2 Å². The van der Waals surface area contributed by atoms with Crippen LogP contribution in [-0.2, 0) is 9.59 Å². The molecule has 0 spiro atoms. The van der Waals surface area contributed by atoms with Crippen LogP contribution in [0.1, 0.15) is 44.9 Å². The second-order valence-electron chi connectivity index (χ2n) is 6.09. The Balaban J connectivity index is 1.92. The summed E-state index contributed by atoms with van der Waals surface area (Å²) >= 11 is 0. The van der Waals surface area contributed by atoms with Crippen molar-refractivity contribution in [2.45, 2.75) is 57.2 Å². The van der Waals surface area contributed by atoms with Gasteiger partial charge < -0.3 is 10.4 Å². The minimum Gasteiger partial charge on any atom is -0.481 e. The number of aliphatic carboxylic acids is 1. The lowest BCUT2D eigenvalue weighted by molar-refractivity contribution is -0.186. The molecule has 0 aromatic rings. The van der Waals surface area contributed by atoms with Gasteiger partial charge in [0.2, 0.25) is 5.91 Å². The van der Waals surface area contributed by atoms with E-state index in [-0.39, 0.29) is 12.8 Å². The van der Waals surface area contributed by atoms with Crippen LogP contribution >= 0.6 is 0 Å². The number of alkyl halides is 3. The summed E-state index contributed by atoms with van der Waals surface area (Å²) in [5.41, 5.74) is 0. The van der Waals surface area contributed by atoms with Gasteiger partial charge in [0.1, 0.15) is 0 Å². The van der Waals surface area contributed by atoms with E-state index in [1.165, 1.54) is 0 Å². The molecule has 0 bridgehead atoms. The van der Waals surface area contributed by atoms with E-state index in [1.54, 1.807) is 0 Å². The van der Waals surface area contributed by atoms with E-state index in [0.29, 0.717) is 25.7 Å². The molecule has 2 aliphatic carbocycles. The highest BCUT2D eigenvalue weighted by Gasteiger charge is 2.44. The quantitative estimate of drug-likeness (QED) is 0.842. The fourth-order valence-corrected chi connectivity index (χ4v) is 3.45. The highest BCUT2D eigenvalue weighted by molar-refractivity contribution is 5.80. The molecular weight excluding hydrogens is 287 g/mol. The lowest BCUT2D eigenvalue weighted by Crippen LogP contribution is -2.44. The van der Waals surface area contributed by atoms with Gasteiger partial charge in [-0.3, -0.25) is 9.59 Å². The van der Waals surface area contributed by atoms with Gasteiger partial charge in [-0.25, -0.2) is 0 Å². The summed E-state index contributed by atoms with van der Waals surface area (Å²) in [5, 5.41) is 11.7. The van der Waals surface area contributed by atoms with E-state index < -0.39 is 41.8 Å². The smallest absolute Gasteiger partial charge is 0.391 e. The normalized spacial score (nSPS) is 33.7. The predicted octanol–water partition coefficient (Wildman–Crippen LogP) is 2.72. The summed E-state index contributed by atoms with van der Waals surface area (Å²) in [5.74, 6) is -4.05. The predicted molar refractivity (Wildman–Crippen MR) is 68.4 cm³/mol. The van der Waals surface area contributed by atoms with Gasteiger partial charge in [-0.2, -0.15) is 13.2 Å². The van der Waals surface area contributed by atoms with Gasteiger partial charge in [-0.1, -0.05) is 12.8 Å². The molecule has 0 saturated heterocycles. The van der Waals surface area contributed by atoms with Gasteiger partial charge in [0.15, 0.2) is 0 Å². The SMILES string of the molecule is O=C(NC1CCCC1C(=O)O)C1CCCC(C(F)(F)F)C1. The zero-order valence-corrected chi connectivity index (χ0v) is 11.7. The van der Waals surface area contributed by atoms with Gasteiger partial charge in [0, 0.05) is 12.0 Å². The van der Waals surface area contributed by atoms with Gasteiger partial charge in [-0.05, 0) is 32.1 Å². The Labute approximate surface area is 121 Å². The maximum atomic E-state index is 12.7. The summed E-state index contributed by atoms with van der Waals surface area (Å²) in [4.78, 5) is 23.2. The highest BCUT2D eigenvalue weighted by atomic mass is 19.4. The van der Waals surface area contributed by atoms with E-state index >= 15 is 0 Å². The monoisotopic (exact) mass is 307 g/mol. The lowest BCUT2D eigenvalue weighted by atomic mass is 9.80. The summed E-state index contributed by atoms with van der Waals surface area (Å²) in [6.07, 6.45) is -1.71. The molecule has 0 radical (unpaired) electrons. The third-order valence-electron chi connectivity index (χ3n) is 4.67. The molecule has 4 unspecified atom stereocenters. The van der Waals surface area contributed by atoms with Crippen LogP contribution in [0, 0.1) is 17.8 Å². The molecule has 1 amide bonds. The molecule has 2 aliphatic rings. The van der Waals surface area contributed by atoms with E-state index in [2.05, 4.69) is 5.32 Å². The largest absolute Gasteiger partial charge is 0.481 e. The van der Waals surface area contributed by atoms with Gasteiger partial charge >= 0.3 is 12.1 Å². The van der Waals surface area contributed by atoms with E-state index in [9.17, 15) is 22.8 Å². The van der Waals surface area contributed by atoms with Crippen molar-refractivity contribution in [2.24, 2.45) is 17.8 Å². The average molecular weight is 307 g/mol. The van der Waals surface area contributed by atoms with Crippen LogP contribution in [0.25, 0.3) is 0 Å². The number of carbonyl (C=O) groups is 2. The fraction of sp³-hybridized carbons (Fsp3) is 0.857. The molecule has 0 aromatic heterocycles. The van der Waals surface area contributed by atoms with Crippen molar-refractivity contribution in [1.82, 2.24) is 5.32 Å². The van der Waals surface area contributed by atoms with Crippen LogP contribution in [0.2, 0.25) is 0 Å². The van der Waals surface area contributed by atoms with Crippen LogP contribution in [0.3, 0.4) is 0 Å². The van der Waals surface area contributed by atoms with Crippen LogP contribution in [0.15, 0.2) is 0 Å². The number of amides is 1. The minimum absolute atomic E-state index is 0.0778. The lowest BCUT2D eigenvalue weighted by Gasteiger charge is -2.31. The maximum Gasteiger partial charge on any atom is 0.391 e. The zero-order valence-electron chi connectivity index (χ0n) is 11.7. The van der Waals surface area contributed by atoms with Crippen molar-refractivity contribution < 1.29 is 27.9 Å². The van der Waals surface area contributed by atoms with Crippen LogP contribution in [0.5, 0.6) is 0 Å². The molecule has 0 aromatic carbocycles. The van der Waals surface area contributed by atoms with Crippen molar-refractivity contribution >= 4 is 11.9 Å². The third-order valence-corrected chi connectivity index (χ3v) is 4.67. The first kappa shape index (κ1) is 16.1. The highest BCUT2D eigenvalue weighted by Crippen LogP contribution is 2.40. The van der Waals surface area contributed by atoms with E-state index in [4.69, 9.17) is 5.11 Å². The number of nitrogens with one attached hydrogen (secondary N) is 1. The molecule has 2 saturated carbocycles. The number of hydrogen-bond donors (Lipinski definition) is 2. The van der Waals surface area contributed by atoms with Crippen molar-refractivity contribution in [1.29, 1.82) is 0 Å².